The van der Waals surface area contributed by atoms with Crippen molar-refractivity contribution in [2.75, 3.05) is 32.7 Å². The Balaban J connectivity index is 1.87. The predicted octanol–water partition coefficient (Wildman–Crippen LogP) is 3.19. The van der Waals surface area contributed by atoms with Gasteiger partial charge in [-0.2, -0.15) is 0 Å². The summed E-state index contributed by atoms with van der Waals surface area (Å²) in [5.74, 6) is -3.27. The van der Waals surface area contributed by atoms with Crippen molar-refractivity contribution in [1.82, 2.24) is 4.90 Å². The lowest BCUT2D eigenvalue weighted by molar-refractivity contribution is -0.168. The summed E-state index contributed by atoms with van der Waals surface area (Å²) >= 11 is 0. The molecule has 1 fully saturated rings. The Morgan fingerprint density at radius 3 is 2.42 bits per heavy atom. The fraction of sp³-hybridized carbons (Fsp3) is 0.472. The van der Waals surface area contributed by atoms with Crippen molar-refractivity contribution in [3.63, 3.8) is 0 Å². The molecular weight excluding hydrogens is 652 g/mol. The van der Waals surface area contributed by atoms with Gasteiger partial charge in [-0.1, -0.05) is 38.6 Å². The van der Waals surface area contributed by atoms with E-state index in [2.05, 4.69) is 11.9 Å². The van der Waals surface area contributed by atoms with Crippen LogP contribution in [0.5, 0.6) is 11.5 Å². The van der Waals surface area contributed by atoms with E-state index in [0.717, 1.165) is 11.6 Å². The minimum atomic E-state index is -1.87. The van der Waals surface area contributed by atoms with Crippen LogP contribution in [0.3, 0.4) is 0 Å². The third-order valence-electron chi connectivity index (χ3n) is 8.39. The lowest BCUT2D eigenvalue weighted by Crippen LogP contribution is -2.55. The minimum absolute atomic E-state index is 0.207. The van der Waals surface area contributed by atoms with Crippen molar-refractivity contribution in [2.24, 2.45) is 5.41 Å². The molecule has 2 aromatic carbocycles. The minimum Gasteiger partial charge on any atom is -0.493 e. The number of hydrogen-bond donors (Lipinski definition) is 4. The first kappa shape index (κ1) is 39.5. The van der Waals surface area contributed by atoms with Gasteiger partial charge in [0.2, 0.25) is 5.91 Å². The smallest absolute Gasteiger partial charge is 0.333 e. The molecule has 0 saturated carbocycles. The Morgan fingerprint density at radius 2 is 1.76 bits per heavy atom. The van der Waals surface area contributed by atoms with Crippen LogP contribution in [0.25, 0.3) is 0 Å². The zero-order valence-corrected chi connectivity index (χ0v) is 28.8. The van der Waals surface area contributed by atoms with Crippen molar-refractivity contribution in [2.45, 2.75) is 76.7 Å². The average molecular weight is 699 g/mol. The Labute approximate surface area is 291 Å². The summed E-state index contributed by atoms with van der Waals surface area (Å²) in [5.41, 5.74) is 0.478. The number of carbonyl (C=O) groups is 5. The summed E-state index contributed by atoms with van der Waals surface area (Å²) in [7, 11) is 3.04. The first-order valence-corrected chi connectivity index (χ1v) is 16.2. The van der Waals surface area contributed by atoms with Gasteiger partial charge in [0, 0.05) is 23.7 Å². The van der Waals surface area contributed by atoms with Gasteiger partial charge in [-0.25, -0.2) is 14.4 Å². The van der Waals surface area contributed by atoms with Crippen LogP contribution in [0.1, 0.15) is 63.2 Å². The lowest BCUT2D eigenvalue weighted by atomic mass is 9.85. The van der Waals surface area contributed by atoms with Crippen LogP contribution in [0.2, 0.25) is 0 Å². The van der Waals surface area contributed by atoms with Gasteiger partial charge < -0.3 is 44.5 Å². The van der Waals surface area contributed by atoms with Gasteiger partial charge in [-0.3, -0.25) is 9.59 Å². The Kier molecular flexibility index (Phi) is 14.3. The average Bonchev–Trinajstić information content (AvgIpc) is 3.11. The van der Waals surface area contributed by atoms with E-state index in [1.54, 1.807) is 50.2 Å². The summed E-state index contributed by atoms with van der Waals surface area (Å²) in [5, 5.41) is 32.1. The maximum absolute atomic E-state index is 13.9. The van der Waals surface area contributed by atoms with Gasteiger partial charge in [0.25, 0.3) is 5.91 Å². The number of hydrogen-bond acceptors (Lipinski definition) is 11. The van der Waals surface area contributed by atoms with Crippen molar-refractivity contribution >= 4 is 35.4 Å². The molecule has 1 unspecified atom stereocenters. The molecular formula is C36H46N2O12. The number of anilines is 1. The largest absolute Gasteiger partial charge is 0.493 e. The number of nitrogens with one attached hydrogen (secondary N) is 1. The molecule has 1 saturated heterocycles. The van der Waals surface area contributed by atoms with E-state index in [4.69, 9.17) is 24.1 Å². The van der Waals surface area contributed by atoms with E-state index in [0.29, 0.717) is 42.7 Å². The molecule has 2 aromatic rings. The number of aliphatic hydroxyl groups excluding tert-OH is 2. The summed E-state index contributed by atoms with van der Waals surface area (Å²) in [6.07, 6.45) is -1.77. The summed E-state index contributed by atoms with van der Waals surface area (Å²) in [4.78, 5) is 63.8. The topological polar surface area (TPSA) is 198 Å². The van der Waals surface area contributed by atoms with Gasteiger partial charge in [-0.15, -0.1) is 0 Å². The van der Waals surface area contributed by atoms with Crippen molar-refractivity contribution in [3.8, 4) is 11.5 Å². The number of aryl methyl sites for hydroxylation is 1. The summed E-state index contributed by atoms with van der Waals surface area (Å²) in [6.45, 7) is 6.44. The third kappa shape index (κ3) is 10.8. The van der Waals surface area contributed by atoms with Crippen molar-refractivity contribution in [3.05, 3.63) is 66.2 Å². The van der Waals surface area contributed by atoms with Gasteiger partial charge in [-0.05, 0) is 67.5 Å². The number of esters is 2. The molecule has 0 aliphatic carbocycles. The van der Waals surface area contributed by atoms with Gasteiger partial charge >= 0.3 is 17.9 Å². The molecule has 4 N–H and O–H groups in total. The second-order valence-corrected chi connectivity index (χ2v) is 12.6. The van der Waals surface area contributed by atoms with E-state index >= 15 is 0 Å². The number of carbonyl (C=O) groups excluding carboxylic acids is 4. The van der Waals surface area contributed by atoms with Crippen LogP contribution in [-0.4, -0.2) is 95.6 Å². The number of rotatable bonds is 17. The molecule has 14 heteroatoms. The predicted molar refractivity (Wildman–Crippen MR) is 180 cm³/mol. The summed E-state index contributed by atoms with van der Waals surface area (Å²) in [6, 6.07) is 10.9. The number of likely N-dealkylation sites (tertiary alicyclic amines) is 1. The van der Waals surface area contributed by atoms with Crippen LogP contribution >= 0.6 is 0 Å². The Hall–Kier alpha value is -4.95. The van der Waals surface area contributed by atoms with Gasteiger partial charge in [0.05, 0.1) is 27.2 Å². The van der Waals surface area contributed by atoms with E-state index in [1.165, 1.54) is 19.1 Å². The zero-order valence-electron chi connectivity index (χ0n) is 28.8. The number of benzene rings is 2. The van der Waals surface area contributed by atoms with Crippen LogP contribution in [0, 0.1) is 5.41 Å². The highest BCUT2D eigenvalue weighted by atomic mass is 16.5. The van der Waals surface area contributed by atoms with Crippen molar-refractivity contribution < 1.29 is 58.2 Å². The molecule has 14 nitrogen and oxygen atoms in total. The number of nitrogens with zero attached hydrogens (tertiary/aromatic N) is 1. The number of aliphatic carboxylic acids is 1. The van der Waals surface area contributed by atoms with Gasteiger partial charge in [0.1, 0.15) is 18.2 Å². The number of amides is 2. The maximum Gasteiger partial charge on any atom is 0.333 e. The molecule has 1 aliphatic heterocycles. The number of methoxy groups -OCH3 is 2. The van der Waals surface area contributed by atoms with E-state index < -0.39 is 65.9 Å². The molecule has 1 heterocycles. The van der Waals surface area contributed by atoms with Crippen molar-refractivity contribution in [1.29, 1.82) is 0 Å². The van der Waals surface area contributed by atoms with E-state index in [1.807, 2.05) is 6.07 Å². The Bertz CT molecular complexity index is 1540. The van der Waals surface area contributed by atoms with Crippen LogP contribution < -0.4 is 14.8 Å². The molecule has 0 spiro atoms. The highest BCUT2D eigenvalue weighted by Gasteiger charge is 2.42. The Morgan fingerprint density at radius 1 is 1.04 bits per heavy atom. The normalized spacial score (nSPS) is 16.3. The SMILES string of the molecule is C=CC(=O)OCC(C)(C)C(O)C(=O)N1CCCC[C@H]1C(=O)O[C@H](CCc1ccc(OC)c(OC)c1)c1cccc(NC(=O)C[C@H](O)C(=O)O)c1. The lowest BCUT2D eigenvalue weighted by Gasteiger charge is -2.39. The maximum atomic E-state index is 13.9. The first-order chi connectivity index (χ1) is 23.7. The zero-order chi connectivity index (χ0) is 37.0. The number of carboxylic acids is 1. The molecule has 0 aromatic heterocycles. The molecule has 4 atom stereocenters. The standard InChI is InChI=1S/C36H46N2O12/c1-6-31(41)49-21-36(2,3)32(42)33(43)38-17-8-7-12-25(38)35(46)50-27(15-13-22-14-16-28(47-4)29(18-22)48-5)23-10-9-11-24(19-23)37-30(40)20-26(39)34(44)45/h6,9-11,14,16,18-19,25-27,32,39,42H,1,7-8,12-13,15,17,20-21H2,2-5H3,(H,37,40)(H,44,45)/t25-,26-,27+,32?/m0/s1. The first-order valence-electron chi connectivity index (χ1n) is 16.2. The molecule has 50 heavy (non-hydrogen) atoms. The summed E-state index contributed by atoms with van der Waals surface area (Å²) < 4.78 is 22.0. The van der Waals surface area contributed by atoms with Crippen LogP contribution in [0.15, 0.2) is 55.1 Å². The monoisotopic (exact) mass is 698 g/mol. The fourth-order valence-electron chi connectivity index (χ4n) is 5.46. The second kappa shape index (κ2) is 18.2. The molecule has 272 valence electrons. The number of ether oxygens (including phenoxy) is 4. The molecule has 0 bridgehead atoms. The fourth-order valence-corrected chi connectivity index (χ4v) is 5.46. The highest BCUT2D eigenvalue weighted by molar-refractivity contribution is 5.93. The van der Waals surface area contributed by atoms with Gasteiger partial charge in [0.15, 0.2) is 17.6 Å². The molecule has 3 rings (SSSR count). The van der Waals surface area contributed by atoms with Crippen LogP contribution in [-0.2, 0) is 39.9 Å². The molecule has 2 amide bonds. The highest BCUT2D eigenvalue weighted by Crippen LogP contribution is 2.32. The van der Waals surface area contributed by atoms with E-state index in [9.17, 15) is 34.2 Å². The van der Waals surface area contributed by atoms with E-state index in [-0.39, 0.29) is 25.3 Å². The second-order valence-electron chi connectivity index (χ2n) is 12.6. The quantitative estimate of drug-likeness (QED) is 0.139. The third-order valence-corrected chi connectivity index (χ3v) is 8.39. The van der Waals surface area contributed by atoms with Crippen LogP contribution in [0.4, 0.5) is 5.69 Å². The molecule has 0 radical (unpaired) electrons. The molecule has 1 aliphatic rings. The number of carboxylic acid groups (broad SMARTS) is 1. The number of piperidine rings is 1. The number of aliphatic hydroxyl groups is 2.